The molecule has 0 atom stereocenters. The van der Waals surface area contributed by atoms with Gasteiger partial charge in [0.05, 0.1) is 12.4 Å². The van der Waals surface area contributed by atoms with Crippen molar-refractivity contribution in [2.45, 2.75) is 24.6 Å². The number of amides is 3. The van der Waals surface area contributed by atoms with Crippen LogP contribution in [0.15, 0.2) is 24.3 Å². The average molecular weight is 383 g/mol. The Labute approximate surface area is 153 Å². The van der Waals surface area contributed by atoms with Crippen LogP contribution in [0.25, 0.3) is 0 Å². The van der Waals surface area contributed by atoms with Crippen LogP contribution in [0.4, 0.5) is 4.79 Å². The lowest BCUT2D eigenvalue weighted by molar-refractivity contribution is -0.118. The Kier molecular flexibility index (Phi) is 6.84. The summed E-state index contributed by atoms with van der Waals surface area (Å²) in [5, 5.41) is 4.58. The van der Waals surface area contributed by atoms with Crippen LogP contribution >= 0.6 is 0 Å². The molecular weight excluding hydrogens is 358 g/mol. The summed E-state index contributed by atoms with van der Waals surface area (Å²) in [5.74, 6) is -0.262. The second-order valence-electron chi connectivity index (χ2n) is 6.17. The van der Waals surface area contributed by atoms with E-state index in [4.69, 9.17) is 4.74 Å². The van der Waals surface area contributed by atoms with Crippen molar-refractivity contribution in [3.63, 3.8) is 0 Å². The summed E-state index contributed by atoms with van der Waals surface area (Å²) in [7, 11) is -0.485. The van der Waals surface area contributed by atoms with Crippen LogP contribution in [-0.4, -0.2) is 63.5 Å². The van der Waals surface area contributed by atoms with Crippen LogP contribution in [0.5, 0.6) is 5.75 Å². The highest BCUT2D eigenvalue weighted by Crippen LogP contribution is 2.19. The second-order valence-corrected chi connectivity index (χ2v) is 8.45. The van der Waals surface area contributed by atoms with E-state index in [1.54, 1.807) is 12.0 Å². The van der Waals surface area contributed by atoms with Crippen LogP contribution in [-0.2, 0) is 21.2 Å². The Hall–Kier alpha value is -2.29. The van der Waals surface area contributed by atoms with Gasteiger partial charge in [-0.05, 0) is 30.5 Å². The van der Waals surface area contributed by atoms with E-state index in [1.165, 1.54) is 7.05 Å². The smallest absolute Gasteiger partial charge is 0.317 e. The number of urea groups is 1. The van der Waals surface area contributed by atoms with Crippen molar-refractivity contribution in [1.29, 1.82) is 0 Å². The highest BCUT2D eigenvalue weighted by atomic mass is 32.2. The van der Waals surface area contributed by atoms with Gasteiger partial charge in [-0.1, -0.05) is 12.1 Å². The number of nitrogens with one attached hydrogen (secondary N) is 2. The van der Waals surface area contributed by atoms with Crippen LogP contribution in [0, 0.1) is 0 Å². The van der Waals surface area contributed by atoms with Gasteiger partial charge in [0.25, 0.3) is 0 Å². The minimum atomic E-state index is -3.49. The molecule has 1 aliphatic heterocycles. The minimum absolute atomic E-state index is 0.219. The summed E-state index contributed by atoms with van der Waals surface area (Å²) in [6.45, 7) is 1.09. The SMILES string of the molecule is CNC(=O)CS(=O)(=O)C1CCN(C(=O)NCc2ccc(OC)cc2)CC1. The number of hydrogen-bond donors (Lipinski definition) is 2. The van der Waals surface area contributed by atoms with Crippen LogP contribution in [0.2, 0.25) is 0 Å². The summed E-state index contributed by atoms with van der Waals surface area (Å²) in [4.78, 5) is 25.2. The molecule has 1 aromatic rings. The third-order valence-corrected chi connectivity index (χ3v) is 6.60. The van der Waals surface area contributed by atoms with Gasteiger partial charge >= 0.3 is 6.03 Å². The first-order valence-corrected chi connectivity index (χ1v) is 10.1. The van der Waals surface area contributed by atoms with Crippen LogP contribution in [0.1, 0.15) is 18.4 Å². The number of methoxy groups -OCH3 is 1. The van der Waals surface area contributed by atoms with E-state index in [1.807, 2.05) is 24.3 Å². The number of piperidine rings is 1. The molecule has 2 rings (SSSR count). The highest BCUT2D eigenvalue weighted by Gasteiger charge is 2.32. The lowest BCUT2D eigenvalue weighted by Gasteiger charge is -2.31. The summed E-state index contributed by atoms with van der Waals surface area (Å²) in [5.41, 5.74) is 0.946. The number of benzene rings is 1. The number of carbonyl (C=O) groups is 2. The van der Waals surface area contributed by atoms with Gasteiger partial charge in [-0.3, -0.25) is 4.79 Å². The van der Waals surface area contributed by atoms with Gasteiger partial charge in [0, 0.05) is 26.7 Å². The number of hydrogen-bond acceptors (Lipinski definition) is 5. The van der Waals surface area contributed by atoms with Crippen molar-refractivity contribution in [2.24, 2.45) is 0 Å². The molecule has 144 valence electrons. The van der Waals surface area contributed by atoms with E-state index in [9.17, 15) is 18.0 Å². The number of ether oxygens (including phenoxy) is 1. The minimum Gasteiger partial charge on any atom is -0.497 e. The molecule has 8 nitrogen and oxygen atoms in total. The van der Waals surface area contributed by atoms with Crippen molar-refractivity contribution in [1.82, 2.24) is 15.5 Å². The predicted molar refractivity (Wildman–Crippen MR) is 97.7 cm³/mol. The summed E-state index contributed by atoms with van der Waals surface area (Å²) in [6, 6.07) is 7.17. The zero-order valence-corrected chi connectivity index (χ0v) is 15.8. The maximum absolute atomic E-state index is 12.3. The van der Waals surface area contributed by atoms with Gasteiger partial charge in [-0.25, -0.2) is 13.2 Å². The molecule has 1 aromatic carbocycles. The lowest BCUT2D eigenvalue weighted by Crippen LogP contribution is -2.47. The molecule has 0 spiro atoms. The van der Waals surface area contributed by atoms with Gasteiger partial charge in [-0.2, -0.15) is 0 Å². The molecule has 0 aliphatic carbocycles. The molecule has 1 fully saturated rings. The maximum atomic E-state index is 12.3. The van der Waals surface area contributed by atoms with Gasteiger partial charge < -0.3 is 20.3 Å². The molecule has 1 aliphatic rings. The normalized spacial score (nSPS) is 15.4. The average Bonchev–Trinajstić information content (AvgIpc) is 2.66. The number of likely N-dealkylation sites (tertiary alicyclic amines) is 1. The fourth-order valence-electron chi connectivity index (χ4n) is 2.82. The third-order valence-electron chi connectivity index (χ3n) is 4.45. The molecule has 26 heavy (non-hydrogen) atoms. The molecule has 0 bridgehead atoms. The molecule has 1 heterocycles. The largest absolute Gasteiger partial charge is 0.497 e. The van der Waals surface area contributed by atoms with Crippen molar-refractivity contribution < 1.29 is 22.7 Å². The fourth-order valence-corrected chi connectivity index (χ4v) is 4.50. The Morgan fingerprint density at radius 2 is 1.81 bits per heavy atom. The van der Waals surface area contributed by atoms with Crippen molar-refractivity contribution in [2.75, 3.05) is 33.0 Å². The predicted octanol–water partition coefficient (Wildman–Crippen LogP) is 0.530. The second kappa shape index (κ2) is 8.88. The Morgan fingerprint density at radius 3 is 2.35 bits per heavy atom. The zero-order chi connectivity index (χ0) is 19.2. The van der Waals surface area contributed by atoms with Gasteiger partial charge in [0.2, 0.25) is 5.91 Å². The highest BCUT2D eigenvalue weighted by molar-refractivity contribution is 7.92. The van der Waals surface area contributed by atoms with E-state index in [-0.39, 0.29) is 6.03 Å². The summed E-state index contributed by atoms with van der Waals surface area (Å²) >= 11 is 0. The third kappa shape index (κ3) is 5.35. The van der Waals surface area contributed by atoms with Gasteiger partial charge in [0.15, 0.2) is 9.84 Å². The lowest BCUT2D eigenvalue weighted by atomic mass is 10.1. The van der Waals surface area contributed by atoms with Crippen molar-refractivity contribution >= 4 is 21.8 Å². The Bertz CT molecular complexity index is 725. The number of rotatable bonds is 6. The zero-order valence-electron chi connectivity index (χ0n) is 15.0. The molecule has 3 amide bonds. The van der Waals surface area contributed by atoms with E-state index in [0.29, 0.717) is 32.5 Å². The van der Waals surface area contributed by atoms with Gasteiger partial charge in [-0.15, -0.1) is 0 Å². The molecule has 0 saturated carbocycles. The molecule has 1 saturated heterocycles. The van der Waals surface area contributed by atoms with E-state index >= 15 is 0 Å². The standard InChI is InChI=1S/C17H25N3O5S/c1-18-16(21)12-26(23,24)15-7-9-20(10-8-15)17(22)19-11-13-3-5-14(25-2)6-4-13/h3-6,15H,7-12H2,1-2H3,(H,18,21)(H,19,22). The van der Waals surface area contributed by atoms with E-state index in [0.717, 1.165) is 11.3 Å². The summed E-state index contributed by atoms with van der Waals surface area (Å²) in [6.07, 6.45) is 0.685. The first kappa shape index (κ1) is 20.0. The van der Waals surface area contributed by atoms with Gasteiger partial charge in [0.1, 0.15) is 11.5 Å². The number of sulfone groups is 1. The summed E-state index contributed by atoms with van der Waals surface area (Å²) < 4.78 is 29.5. The quantitative estimate of drug-likeness (QED) is 0.746. The van der Waals surface area contributed by atoms with Crippen molar-refractivity contribution in [3.05, 3.63) is 29.8 Å². The molecule has 9 heteroatoms. The first-order chi connectivity index (χ1) is 12.4. The van der Waals surface area contributed by atoms with Crippen molar-refractivity contribution in [3.8, 4) is 5.75 Å². The number of carbonyl (C=O) groups excluding carboxylic acids is 2. The van der Waals surface area contributed by atoms with Crippen LogP contribution in [0.3, 0.4) is 0 Å². The Balaban J connectivity index is 1.81. The molecule has 2 N–H and O–H groups in total. The van der Waals surface area contributed by atoms with E-state index in [2.05, 4.69) is 10.6 Å². The van der Waals surface area contributed by atoms with E-state index < -0.39 is 26.7 Å². The monoisotopic (exact) mass is 383 g/mol. The molecule has 0 aromatic heterocycles. The number of nitrogens with zero attached hydrogens (tertiary/aromatic N) is 1. The van der Waals surface area contributed by atoms with Crippen LogP contribution < -0.4 is 15.4 Å². The topological polar surface area (TPSA) is 105 Å². The molecule has 0 unspecified atom stereocenters. The molecule has 0 radical (unpaired) electrons. The molecular formula is C17H25N3O5S. The first-order valence-electron chi connectivity index (χ1n) is 8.43. The maximum Gasteiger partial charge on any atom is 0.317 e. The Morgan fingerprint density at radius 1 is 1.19 bits per heavy atom. The fraction of sp³-hybridized carbons (Fsp3) is 0.529.